The van der Waals surface area contributed by atoms with Crippen LogP contribution in [-0.2, 0) is 4.74 Å². The molecule has 0 radical (unpaired) electrons. The van der Waals surface area contributed by atoms with E-state index in [1.54, 1.807) is 13.3 Å². The van der Waals surface area contributed by atoms with Crippen molar-refractivity contribution in [2.75, 3.05) is 19.0 Å². The summed E-state index contributed by atoms with van der Waals surface area (Å²) in [6.07, 6.45) is 4.97. The van der Waals surface area contributed by atoms with E-state index in [4.69, 9.17) is 4.74 Å². The number of carbonyl (C=O) groups excluding carboxylic acids is 1. The molecule has 2 aromatic heterocycles. The summed E-state index contributed by atoms with van der Waals surface area (Å²) in [7, 11) is 1.60. The fraction of sp³-hybridized carbons (Fsp3) is 0.250. The van der Waals surface area contributed by atoms with Gasteiger partial charge in [-0.05, 0) is 30.7 Å². The average molecular weight is 408 g/mol. The molecule has 3 heterocycles. The van der Waals surface area contributed by atoms with Crippen molar-refractivity contribution in [3.8, 4) is 11.1 Å². The van der Waals surface area contributed by atoms with E-state index in [9.17, 15) is 4.79 Å². The van der Waals surface area contributed by atoms with Crippen molar-refractivity contribution in [3.05, 3.63) is 42.2 Å². The molecule has 0 bridgehead atoms. The van der Waals surface area contributed by atoms with Gasteiger partial charge in [-0.2, -0.15) is 5.10 Å². The van der Waals surface area contributed by atoms with Gasteiger partial charge in [0.25, 0.3) is 0 Å². The maximum Gasteiger partial charge on any atom is 0.321 e. The molecule has 2 amide bonds. The van der Waals surface area contributed by atoms with E-state index < -0.39 is 0 Å². The summed E-state index contributed by atoms with van der Waals surface area (Å²) in [5, 5.41) is 14.6. The second kappa shape index (κ2) is 8.36. The minimum Gasteiger partial charge on any atom is -0.483 e. The van der Waals surface area contributed by atoms with Crippen molar-refractivity contribution in [2.45, 2.75) is 19.8 Å². The standard InChI is InChI=1S/C20H20N6O2S/c1-3-22-19(27)24-20-23-16-10-13(12-5-4-8-21-11-12)9-14(18(16)29-20)15-6-7-17(28-2)26-25-15/h4-5,8-11H,3,6-7H2,1-2H3,(H2,22,23,24,27). The zero-order valence-electron chi connectivity index (χ0n) is 16.1. The number of aromatic nitrogens is 2. The van der Waals surface area contributed by atoms with E-state index >= 15 is 0 Å². The van der Waals surface area contributed by atoms with Gasteiger partial charge in [0.15, 0.2) is 5.13 Å². The highest BCUT2D eigenvalue weighted by Crippen LogP contribution is 2.35. The molecule has 9 heteroatoms. The molecule has 1 aliphatic heterocycles. The Hall–Kier alpha value is -3.33. The number of amides is 2. The van der Waals surface area contributed by atoms with E-state index in [-0.39, 0.29) is 6.03 Å². The molecule has 0 unspecified atom stereocenters. The van der Waals surface area contributed by atoms with Crippen molar-refractivity contribution in [2.24, 2.45) is 10.2 Å². The molecular weight excluding hydrogens is 388 g/mol. The van der Waals surface area contributed by atoms with E-state index in [0.717, 1.165) is 39.0 Å². The third-order valence-corrected chi connectivity index (χ3v) is 5.47. The molecule has 8 nitrogen and oxygen atoms in total. The smallest absolute Gasteiger partial charge is 0.321 e. The highest BCUT2D eigenvalue weighted by atomic mass is 32.1. The predicted octanol–water partition coefficient (Wildman–Crippen LogP) is 4.04. The van der Waals surface area contributed by atoms with Crippen LogP contribution in [-0.4, -0.2) is 41.3 Å². The summed E-state index contributed by atoms with van der Waals surface area (Å²) in [6.45, 7) is 2.41. The van der Waals surface area contributed by atoms with Gasteiger partial charge >= 0.3 is 6.03 Å². The van der Waals surface area contributed by atoms with Crippen molar-refractivity contribution < 1.29 is 9.53 Å². The van der Waals surface area contributed by atoms with Gasteiger partial charge in [0.2, 0.25) is 5.90 Å². The van der Waals surface area contributed by atoms with E-state index in [0.29, 0.717) is 24.0 Å². The van der Waals surface area contributed by atoms with E-state index in [1.165, 1.54) is 11.3 Å². The number of urea groups is 1. The molecule has 0 saturated heterocycles. The van der Waals surface area contributed by atoms with Crippen LogP contribution in [0.5, 0.6) is 0 Å². The Morgan fingerprint density at radius 1 is 1.24 bits per heavy atom. The van der Waals surface area contributed by atoms with E-state index in [1.807, 2.05) is 31.3 Å². The first kappa shape index (κ1) is 19.0. The molecule has 148 valence electrons. The number of pyridine rings is 1. The molecule has 0 aliphatic carbocycles. The van der Waals surface area contributed by atoms with Crippen LogP contribution in [0.25, 0.3) is 21.3 Å². The molecule has 1 aliphatic rings. The zero-order chi connectivity index (χ0) is 20.2. The number of methoxy groups -OCH3 is 1. The lowest BCUT2D eigenvalue weighted by Crippen LogP contribution is -2.28. The monoisotopic (exact) mass is 408 g/mol. The summed E-state index contributed by atoms with van der Waals surface area (Å²) < 4.78 is 6.15. The lowest BCUT2D eigenvalue weighted by atomic mass is 9.99. The summed E-state index contributed by atoms with van der Waals surface area (Å²) in [5.41, 5.74) is 4.60. The van der Waals surface area contributed by atoms with Crippen LogP contribution >= 0.6 is 11.3 Å². The number of hydrogen-bond acceptors (Lipinski definition) is 7. The van der Waals surface area contributed by atoms with Crippen LogP contribution < -0.4 is 10.6 Å². The highest BCUT2D eigenvalue weighted by molar-refractivity contribution is 7.22. The second-order valence-electron chi connectivity index (χ2n) is 6.36. The van der Waals surface area contributed by atoms with Crippen molar-refractivity contribution in [1.82, 2.24) is 15.3 Å². The second-order valence-corrected chi connectivity index (χ2v) is 7.36. The van der Waals surface area contributed by atoms with Crippen molar-refractivity contribution in [1.29, 1.82) is 0 Å². The van der Waals surface area contributed by atoms with Gasteiger partial charge in [-0.1, -0.05) is 17.4 Å². The maximum absolute atomic E-state index is 11.9. The Bertz CT molecular complexity index is 1110. The fourth-order valence-corrected chi connectivity index (χ4v) is 4.05. The number of anilines is 1. The van der Waals surface area contributed by atoms with Crippen molar-refractivity contribution >= 4 is 44.3 Å². The Labute approximate surface area is 171 Å². The number of nitrogens with one attached hydrogen (secondary N) is 2. The molecule has 1 aromatic carbocycles. The topological polar surface area (TPSA) is 101 Å². The molecule has 29 heavy (non-hydrogen) atoms. The number of hydrogen-bond donors (Lipinski definition) is 2. The van der Waals surface area contributed by atoms with Crippen LogP contribution in [0.2, 0.25) is 0 Å². The van der Waals surface area contributed by atoms with Gasteiger partial charge in [-0.3, -0.25) is 10.3 Å². The van der Waals surface area contributed by atoms with Crippen LogP contribution in [0.1, 0.15) is 25.3 Å². The van der Waals surface area contributed by atoms with Crippen LogP contribution in [0.4, 0.5) is 9.93 Å². The van der Waals surface area contributed by atoms with Crippen molar-refractivity contribution in [3.63, 3.8) is 0 Å². The number of ether oxygens (including phenoxy) is 1. The first-order valence-electron chi connectivity index (χ1n) is 9.25. The number of rotatable bonds is 4. The average Bonchev–Trinajstić information content (AvgIpc) is 3.16. The summed E-state index contributed by atoms with van der Waals surface area (Å²) in [6, 6.07) is 7.71. The molecule has 0 saturated carbocycles. The summed E-state index contributed by atoms with van der Waals surface area (Å²) >= 11 is 1.42. The lowest BCUT2D eigenvalue weighted by molar-refractivity contribution is 0.252. The molecule has 2 N–H and O–H groups in total. The maximum atomic E-state index is 11.9. The summed E-state index contributed by atoms with van der Waals surface area (Å²) in [5.74, 6) is 0.622. The van der Waals surface area contributed by atoms with Gasteiger partial charge in [0, 0.05) is 42.9 Å². The number of nitrogens with zero attached hydrogens (tertiary/aromatic N) is 4. The number of fused-ring (bicyclic) bond motifs is 1. The molecular formula is C20H20N6O2S. The molecule has 3 aromatic rings. The first-order chi connectivity index (χ1) is 14.2. The van der Waals surface area contributed by atoms with Gasteiger partial charge in [-0.15, -0.1) is 5.10 Å². The minimum atomic E-state index is -0.273. The van der Waals surface area contributed by atoms with Crippen LogP contribution in [0.3, 0.4) is 0 Å². The third-order valence-electron chi connectivity index (χ3n) is 4.45. The van der Waals surface area contributed by atoms with Crippen LogP contribution in [0, 0.1) is 0 Å². The zero-order valence-corrected chi connectivity index (χ0v) is 16.9. The quantitative estimate of drug-likeness (QED) is 0.680. The van der Waals surface area contributed by atoms with E-state index in [2.05, 4.69) is 36.9 Å². The van der Waals surface area contributed by atoms with Gasteiger partial charge < -0.3 is 10.1 Å². The van der Waals surface area contributed by atoms with Crippen LogP contribution in [0.15, 0.2) is 46.9 Å². The molecule has 0 spiro atoms. The Kier molecular flexibility index (Phi) is 5.48. The number of carbonyl (C=O) groups is 1. The Morgan fingerprint density at radius 3 is 2.83 bits per heavy atom. The molecule has 0 atom stereocenters. The Morgan fingerprint density at radius 2 is 2.14 bits per heavy atom. The first-order valence-corrected chi connectivity index (χ1v) is 10.1. The van der Waals surface area contributed by atoms with Gasteiger partial charge in [-0.25, -0.2) is 9.78 Å². The molecule has 0 fully saturated rings. The summed E-state index contributed by atoms with van der Waals surface area (Å²) in [4.78, 5) is 20.8. The Balaban J connectivity index is 1.82. The number of benzene rings is 1. The SMILES string of the molecule is CCNC(=O)Nc1nc2cc(-c3cccnc3)cc(C3=NN=C(OC)CC3)c2s1. The van der Waals surface area contributed by atoms with Gasteiger partial charge in [0.05, 0.1) is 23.0 Å². The predicted molar refractivity (Wildman–Crippen MR) is 116 cm³/mol. The third kappa shape index (κ3) is 4.09. The van der Waals surface area contributed by atoms with Gasteiger partial charge in [0.1, 0.15) is 0 Å². The minimum absolute atomic E-state index is 0.273. The highest BCUT2D eigenvalue weighted by Gasteiger charge is 2.19. The fourth-order valence-electron chi connectivity index (χ4n) is 3.08. The largest absolute Gasteiger partial charge is 0.483 e. The number of thiazole rings is 1. The normalized spacial score (nSPS) is 13.6. The molecule has 4 rings (SSSR count). The lowest BCUT2D eigenvalue weighted by Gasteiger charge is -2.13.